The van der Waals surface area contributed by atoms with Crippen molar-refractivity contribution >= 4 is 5.91 Å². The van der Waals surface area contributed by atoms with Crippen molar-refractivity contribution < 1.29 is 14.3 Å². The minimum Gasteiger partial charge on any atom is -0.383 e. The van der Waals surface area contributed by atoms with E-state index in [1.807, 2.05) is 0 Å². The molecule has 3 heterocycles. The lowest BCUT2D eigenvalue weighted by Crippen LogP contribution is -2.45. The summed E-state index contributed by atoms with van der Waals surface area (Å²) in [4.78, 5) is 45.0. The molecule has 2 aliphatic rings. The Morgan fingerprint density at radius 3 is 2.71 bits per heavy atom. The van der Waals surface area contributed by atoms with E-state index < -0.39 is 11.2 Å². The van der Waals surface area contributed by atoms with Crippen LogP contribution in [0.4, 0.5) is 0 Å². The van der Waals surface area contributed by atoms with Gasteiger partial charge >= 0.3 is 5.69 Å². The zero-order valence-corrected chi connectivity index (χ0v) is 16.4. The molecule has 9 heteroatoms. The van der Waals surface area contributed by atoms with Crippen LogP contribution in [-0.2, 0) is 9.47 Å². The van der Waals surface area contributed by atoms with E-state index in [-0.39, 0.29) is 17.6 Å². The van der Waals surface area contributed by atoms with Gasteiger partial charge < -0.3 is 24.3 Å². The van der Waals surface area contributed by atoms with Gasteiger partial charge in [0.25, 0.3) is 11.5 Å². The number of ether oxygens (including phenoxy) is 2. The van der Waals surface area contributed by atoms with Crippen molar-refractivity contribution in [2.75, 3.05) is 53.0 Å². The number of nitrogens with one attached hydrogen (secondary N) is 2. The lowest BCUT2D eigenvalue weighted by molar-refractivity contribution is 0.0435. The van der Waals surface area contributed by atoms with E-state index in [1.54, 1.807) is 12.0 Å². The highest BCUT2D eigenvalue weighted by molar-refractivity contribution is 5.93. The van der Waals surface area contributed by atoms with Crippen LogP contribution in [0.3, 0.4) is 0 Å². The van der Waals surface area contributed by atoms with Crippen molar-refractivity contribution in [3.8, 4) is 0 Å². The summed E-state index contributed by atoms with van der Waals surface area (Å²) in [6, 6.07) is 0. The van der Waals surface area contributed by atoms with Gasteiger partial charge in [-0.25, -0.2) is 4.79 Å². The van der Waals surface area contributed by atoms with Crippen LogP contribution >= 0.6 is 0 Å². The van der Waals surface area contributed by atoms with Crippen LogP contribution in [0.25, 0.3) is 0 Å². The molecule has 2 N–H and O–H groups in total. The average Bonchev–Trinajstić information content (AvgIpc) is 3.19. The first kappa shape index (κ1) is 20.8. The first-order chi connectivity index (χ1) is 13.6. The fourth-order valence-corrected chi connectivity index (χ4v) is 3.94. The predicted octanol–water partition coefficient (Wildman–Crippen LogP) is 0.0428. The number of carbonyl (C=O) groups is 1. The number of aromatic nitrogens is 2. The van der Waals surface area contributed by atoms with E-state index in [2.05, 4.69) is 14.9 Å². The number of nitrogens with zero attached hydrogens (tertiary/aromatic N) is 2. The van der Waals surface area contributed by atoms with Gasteiger partial charge in [0.2, 0.25) is 0 Å². The van der Waals surface area contributed by atoms with Crippen molar-refractivity contribution in [3.63, 3.8) is 0 Å². The van der Waals surface area contributed by atoms with E-state index in [0.717, 1.165) is 51.9 Å². The third kappa shape index (κ3) is 5.52. The molecule has 0 aromatic carbocycles. The number of hydrogen-bond donors (Lipinski definition) is 2. The summed E-state index contributed by atoms with van der Waals surface area (Å²) < 4.78 is 10.9. The molecule has 1 atom stereocenters. The van der Waals surface area contributed by atoms with Crippen molar-refractivity contribution in [1.29, 1.82) is 0 Å². The maximum Gasteiger partial charge on any atom is 0.325 e. The van der Waals surface area contributed by atoms with Gasteiger partial charge in [-0.1, -0.05) is 0 Å². The molecule has 0 bridgehead atoms. The monoisotopic (exact) mass is 394 g/mol. The second-order valence-corrected chi connectivity index (χ2v) is 7.61. The zero-order chi connectivity index (χ0) is 19.9. The van der Waals surface area contributed by atoms with Crippen LogP contribution in [-0.4, -0.2) is 84.8 Å². The van der Waals surface area contributed by atoms with E-state index >= 15 is 0 Å². The minimum absolute atomic E-state index is 0.00702. The molecule has 28 heavy (non-hydrogen) atoms. The lowest BCUT2D eigenvalue weighted by atomic mass is 9.95. The third-order valence-electron chi connectivity index (χ3n) is 5.58. The fourth-order valence-electron chi connectivity index (χ4n) is 3.94. The van der Waals surface area contributed by atoms with E-state index in [9.17, 15) is 14.4 Å². The number of hydrogen-bond acceptors (Lipinski definition) is 6. The van der Waals surface area contributed by atoms with Crippen molar-refractivity contribution in [2.45, 2.75) is 31.8 Å². The standard InChI is InChI=1S/C19H30N4O5/c1-27-10-8-22-6-4-14(5-7-22)12-23(13-15-3-2-9-28-15)18(25)16-11-20-19(26)21-17(16)24/h11,14-15H,2-10,12-13H2,1H3,(H2,20,21,24,26)/t15-/m0/s1. The first-order valence-corrected chi connectivity index (χ1v) is 10.0. The summed E-state index contributed by atoms with van der Waals surface area (Å²) in [7, 11) is 1.71. The molecule has 0 saturated carbocycles. The molecular formula is C19H30N4O5. The topological polar surface area (TPSA) is 108 Å². The highest BCUT2D eigenvalue weighted by Crippen LogP contribution is 2.21. The molecule has 2 saturated heterocycles. The maximum absolute atomic E-state index is 13.0. The van der Waals surface area contributed by atoms with Crippen molar-refractivity contribution in [2.24, 2.45) is 5.92 Å². The van der Waals surface area contributed by atoms with Gasteiger partial charge in [0, 0.05) is 39.5 Å². The Morgan fingerprint density at radius 2 is 2.07 bits per heavy atom. The molecule has 0 spiro atoms. The molecule has 3 rings (SSSR count). The van der Waals surface area contributed by atoms with Gasteiger partial charge in [0.15, 0.2) is 0 Å². The molecule has 9 nitrogen and oxygen atoms in total. The Bertz CT molecular complexity index is 747. The number of methoxy groups -OCH3 is 1. The third-order valence-corrected chi connectivity index (χ3v) is 5.58. The van der Waals surface area contributed by atoms with Crippen LogP contribution in [0, 0.1) is 5.92 Å². The summed E-state index contributed by atoms with van der Waals surface area (Å²) in [5.74, 6) is 0.0285. The van der Waals surface area contributed by atoms with E-state index in [4.69, 9.17) is 9.47 Å². The quantitative estimate of drug-likeness (QED) is 0.645. The summed E-state index contributed by atoms with van der Waals surface area (Å²) in [5, 5.41) is 0. The Balaban J connectivity index is 1.66. The number of carbonyl (C=O) groups excluding carboxylic acids is 1. The number of amides is 1. The molecule has 2 aliphatic heterocycles. The molecule has 1 aromatic heterocycles. The number of rotatable bonds is 8. The normalized spacial score (nSPS) is 21.1. The van der Waals surface area contributed by atoms with Gasteiger partial charge in [-0.15, -0.1) is 0 Å². The van der Waals surface area contributed by atoms with Gasteiger partial charge in [-0.05, 0) is 44.7 Å². The Kier molecular flexibility index (Phi) is 7.41. The van der Waals surface area contributed by atoms with Crippen molar-refractivity contribution in [1.82, 2.24) is 19.8 Å². The highest BCUT2D eigenvalue weighted by Gasteiger charge is 2.28. The Hall–Kier alpha value is -1.97. The van der Waals surface area contributed by atoms with E-state index in [0.29, 0.717) is 25.6 Å². The van der Waals surface area contributed by atoms with E-state index in [1.165, 1.54) is 6.20 Å². The predicted molar refractivity (Wildman–Crippen MR) is 104 cm³/mol. The molecule has 1 amide bonds. The average molecular weight is 394 g/mol. The summed E-state index contributed by atoms with van der Waals surface area (Å²) in [5.41, 5.74) is -1.30. The zero-order valence-electron chi connectivity index (χ0n) is 16.4. The summed E-state index contributed by atoms with van der Waals surface area (Å²) in [6.45, 7) is 5.39. The van der Waals surface area contributed by atoms with Gasteiger partial charge in [0.1, 0.15) is 5.56 Å². The molecular weight excluding hydrogens is 364 g/mol. The summed E-state index contributed by atoms with van der Waals surface area (Å²) in [6.07, 6.45) is 5.12. The number of H-pyrrole nitrogens is 2. The second kappa shape index (κ2) is 9.99. The largest absolute Gasteiger partial charge is 0.383 e. The van der Waals surface area contributed by atoms with Crippen LogP contribution < -0.4 is 11.2 Å². The van der Waals surface area contributed by atoms with Crippen LogP contribution in [0.5, 0.6) is 0 Å². The molecule has 0 aliphatic carbocycles. The fraction of sp³-hybridized carbons (Fsp3) is 0.737. The van der Waals surface area contributed by atoms with Gasteiger partial charge in [-0.3, -0.25) is 14.6 Å². The second-order valence-electron chi connectivity index (χ2n) is 7.61. The number of likely N-dealkylation sites (tertiary alicyclic amines) is 1. The molecule has 0 radical (unpaired) electrons. The lowest BCUT2D eigenvalue weighted by Gasteiger charge is -2.35. The van der Waals surface area contributed by atoms with Crippen LogP contribution in [0.1, 0.15) is 36.0 Å². The number of aromatic amines is 2. The molecule has 0 unspecified atom stereocenters. The van der Waals surface area contributed by atoms with Crippen molar-refractivity contribution in [3.05, 3.63) is 32.6 Å². The molecule has 2 fully saturated rings. The molecule has 156 valence electrons. The van der Waals surface area contributed by atoms with Gasteiger partial charge in [-0.2, -0.15) is 0 Å². The SMILES string of the molecule is COCCN1CCC(CN(C[C@@H]2CCCO2)C(=O)c2c[nH]c(=O)[nH]c2=O)CC1. The first-order valence-electron chi connectivity index (χ1n) is 10.0. The minimum atomic E-state index is -0.652. The highest BCUT2D eigenvalue weighted by atomic mass is 16.5. The van der Waals surface area contributed by atoms with Crippen LogP contribution in [0.15, 0.2) is 15.8 Å². The Labute approximate surface area is 164 Å². The smallest absolute Gasteiger partial charge is 0.325 e. The maximum atomic E-state index is 13.0. The molecule has 1 aromatic rings. The van der Waals surface area contributed by atoms with Crippen LogP contribution in [0.2, 0.25) is 0 Å². The number of piperidine rings is 1. The van der Waals surface area contributed by atoms with Gasteiger partial charge in [0.05, 0.1) is 12.7 Å². The Morgan fingerprint density at radius 1 is 1.29 bits per heavy atom. The summed E-state index contributed by atoms with van der Waals surface area (Å²) >= 11 is 0.